The highest BCUT2D eigenvalue weighted by Gasteiger charge is 2.61. The number of carbonyl (C=O) groups is 2. The van der Waals surface area contributed by atoms with Gasteiger partial charge in [-0.05, 0) is 62.6 Å². The van der Waals surface area contributed by atoms with Crippen LogP contribution >= 0.6 is 0 Å². The number of amides is 1. The van der Waals surface area contributed by atoms with E-state index in [2.05, 4.69) is 0 Å². The number of methoxy groups -OCH3 is 1. The highest BCUT2D eigenvalue weighted by atomic mass is 16.5. The number of fused-ring (bicyclic) bond motifs is 4. The lowest BCUT2D eigenvalue weighted by Crippen LogP contribution is -2.41. The molecule has 2 heterocycles. The van der Waals surface area contributed by atoms with Crippen molar-refractivity contribution < 1.29 is 23.5 Å². The molecule has 2 aromatic rings. The van der Waals surface area contributed by atoms with Gasteiger partial charge in [0.2, 0.25) is 0 Å². The monoisotopic (exact) mass is 411 g/mol. The zero-order valence-electron chi connectivity index (χ0n) is 17.4. The smallest absolute Gasteiger partial charge is 0.339 e. The summed E-state index contributed by atoms with van der Waals surface area (Å²) in [6, 6.07) is 3.78. The molecule has 0 bridgehead atoms. The van der Waals surface area contributed by atoms with E-state index < -0.39 is 6.10 Å². The highest BCUT2D eigenvalue weighted by Crippen LogP contribution is 2.52. The molecule has 0 N–H and O–H groups in total. The van der Waals surface area contributed by atoms with Gasteiger partial charge < -0.3 is 18.8 Å². The van der Waals surface area contributed by atoms with Crippen LogP contribution in [0.1, 0.15) is 30.0 Å². The van der Waals surface area contributed by atoms with Crippen molar-refractivity contribution in [1.82, 2.24) is 4.90 Å². The Balaban J connectivity index is 1.32. The van der Waals surface area contributed by atoms with Crippen LogP contribution in [0, 0.1) is 24.7 Å². The van der Waals surface area contributed by atoms with Crippen molar-refractivity contribution in [3.05, 3.63) is 39.2 Å². The van der Waals surface area contributed by atoms with Gasteiger partial charge >= 0.3 is 11.6 Å². The van der Waals surface area contributed by atoms with Gasteiger partial charge in [0.15, 0.2) is 6.10 Å². The van der Waals surface area contributed by atoms with Crippen LogP contribution in [-0.4, -0.2) is 43.1 Å². The molecule has 2 unspecified atom stereocenters. The van der Waals surface area contributed by atoms with E-state index in [4.69, 9.17) is 13.9 Å². The van der Waals surface area contributed by atoms with E-state index in [1.807, 2.05) is 19.1 Å². The SMILES string of the molecule is COC(=O)C1[C@H]2CN(C(=O)C(C)Oc3ccc4c5c(c(=O)oc4c3C)CCC5)C[C@@H]12. The van der Waals surface area contributed by atoms with Crippen molar-refractivity contribution in [1.29, 1.82) is 0 Å². The Bertz CT molecular complexity index is 1110. The lowest BCUT2D eigenvalue weighted by atomic mass is 10.0. The summed E-state index contributed by atoms with van der Waals surface area (Å²) in [7, 11) is 1.40. The van der Waals surface area contributed by atoms with E-state index in [0.29, 0.717) is 24.4 Å². The third-order valence-electron chi connectivity index (χ3n) is 6.97. The second-order valence-corrected chi connectivity index (χ2v) is 8.65. The molecule has 4 atom stereocenters. The number of nitrogens with zero attached hydrogens (tertiary/aromatic N) is 1. The second kappa shape index (κ2) is 6.86. The predicted molar refractivity (Wildman–Crippen MR) is 108 cm³/mol. The zero-order valence-corrected chi connectivity index (χ0v) is 17.4. The number of rotatable bonds is 4. The van der Waals surface area contributed by atoms with Gasteiger partial charge in [-0.1, -0.05) is 0 Å². The van der Waals surface area contributed by atoms with Crippen molar-refractivity contribution in [3.63, 3.8) is 0 Å². The van der Waals surface area contributed by atoms with Crippen molar-refractivity contribution >= 4 is 22.8 Å². The van der Waals surface area contributed by atoms with Crippen molar-refractivity contribution in [2.24, 2.45) is 17.8 Å². The van der Waals surface area contributed by atoms with Crippen LogP contribution in [0.4, 0.5) is 0 Å². The number of benzene rings is 1. The molecule has 2 fully saturated rings. The van der Waals surface area contributed by atoms with Crippen LogP contribution in [0.25, 0.3) is 11.0 Å². The molecule has 1 saturated heterocycles. The summed E-state index contributed by atoms with van der Waals surface area (Å²) < 4.78 is 16.4. The van der Waals surface area contributed by atoms with Crippen LogP contribution in [0.5, 0.6) is 5.75 Å². The third kappa shape index (κ3) is 2.82. The first-order valence-corrected chi connectivity index (χ1v) is 10.5. The van der Waals surface area contributed by atoms with Crippen molar-refractivity contribution in [2.45, 2.75) is 39.2 Å². The molecular weight excluding hydrogens is 386 g/mol. The normalized spacial score (nSPS) is 25.0. The van der Waals surface area contributed by atoms with Crippen LogP contribution < -0.4 is 10.4 Å². The van der Waals surface area contributed by atoms with Gasteiger partial charge in [-0.15, -0.1) is 0 Å². The van der Waals surface area contributed by atoms with E-state index in [-0.39, 0.29) is 35.3 Å². The molecule has 30 heavy (non-hydrogen) atoms. The maximum Gasteiger partial charge on any atom is 0.339 e. The Kier molecular flexibility index (Phi) is 4.38. The molecule has 2 aliphatic carbocycles. The molecule has 7 heteroatoms. The molecule has 3 aliphatic rings. The first-order valence-electron chi connectivity index (χ1n) is 10.5. The fourth-order valence-electron chi connectivity index (χ4n) is 5.28. The van der Waals surface area contributed by atoms with Crippen molar-refractivity contribution in [3.8, 4) is 5.75 Å². The van der Waals surface area contributed by atoms with E-state index in [1.54, 1.807) is 11.8 Å². The molecule has 0 radical (unpaired) electrons. The minimum Gasteiger partial charge on any atom is -0.480 e. The van der Waals surface area contributed by atoms with Crippen LogP contribution in [0.3, 0.4) is 0 Å². The summed E-state index contributed by atoms with van der Waals surface area (Å²) in [5, 5.41) is 0.958. The fourth-order valence-corrected chi connectivity index (χ4v) is 5.28. The number of carbonyl (C=O) groups excluding carboxylic acids is 2. The summed E-state index contributed by atoms with van der Waals surface area (Å²) in [6.45, 7) is 4.71. The number of ether oxygens (including phenoxy) is 2. The summed E-state index contributed by atoms with van der Waals surface area (Å²) in [4.78, 5) is 38.6. The minimum atomic E-state index is -0.670. The number of piperidine rings is 1. The van der Waals surface area contributed by atoms with Gasteiger partial charge in [-0.25, -0.2) is 4.79 Å². The van der Waals surface area contributed by atoms with Crippen molar-refractivity contribution in [2.75, 3.05) is 20.2 Å². The fraction of sp³-hybridized carbons (Fsp3) is 0.522. The van der Waals surface area contributed by atoms with Gasteiger partial charge in [0.1, 0.15) is 11.3 Å². The molecule has 1 aromatic carbocycles. The average molecular weight is 411 g/mol. The molecule has 1 aliphatic heterocycles. The standard InChI is InChI=1S/C23H25NO6/c1-11-18(8-7-14-13-5-4-6-15(13)22(26)30-20(11)14)29-12(2)21(25)24-9-16-17(10-24)19(16)23(27)28-3/h7-8,12,16-17,19H,4-6,9-10H2,1-3H3/t12?,16-,17+,19?. The topological polar surface area (TPSA) is 86.0 Å². The lowest BCUT2D eigenvalue weighted by Gasteiger charge is -2.24. The average Bonchev–Trinajstić information content (AvgIpc) is 3.11. The third-order valence-corrected chi connectivity index (χ3v) is 6.97. The number of aryl methyl sites for hydroxylation is 2. The number of hydrogen-bond donors (Lipinski definition) is 0. The molecule has 5 rings (SSSR count). The van der Waals surface area contributed by atoms with Gasteiger partial charge in [-0.3, -0.25) is 9.59 Å². The molecule has 1 saturated carbocycles. The Morgan fingerprint density at radius 2 is 1.87 bits per heavy atom. The predicted octanol–water partition coefficient (Wildman–Crippen LogP) is 2.23. The van der Waals surface area contributed by atoms with E-state index in [0.717, 1.165) is 41.3 Å². The maximum absolute atomic E-state index is 12.9. The van der Waals surface area contributed by atoms with Crippen LogP contribution in [0.2, 0.25) is 0 Å². The largest absolute Gasteiger partial charge is 0.480 e. The number of likely N-dealkylation sites (tertiary alicyclic amines) is 1. The molecule has 7 nitrogen and oxygen atoms in total. The van der Waals surface area contributed by atoms with E-state index in [1.165, 1.54) is 7.11 Å². The first kappa shape index (κ1) is 19.2. The summed E-state index contributed by atoms with van der Waals surface area (Å²) in [6.07, 6.45) is 1.95. The number of esters is 1. The van der Waals surface area contributed by atoms with Gasteiger partial charge in [0, 0.05) is 29.6 Å². The van der Waals surface area contributed by atoms with E-state index >= 15 is 0 Å². The summed E-state index contributed by atoms with van der Waals surface area (Å²) in [5.74, 6) is 0.602. The number of hydrogen-bond acceptors (Lipinski definition) is 6. The van der Waals surface area contributed by atoms with E-state index in [9.17, 15) is 14.4 Å². The van der Waals surface area contributed by atoms with Crippen LogP contribution in [-0.2, 0) is 27.2 Å². The summed E-state index contributed by atoms with van der Waals surface area (Å²) in [5.41, 5.74) is 2.87. The van der Waals surface area contributed by atoms with Crippen LogP contribution in [0.15, 0.2) is 21.3 Å². The second-order valence-electron chi connectivity index (χ2n) is 8.65. The zero-order chi connectivity index (χ0) is 21.2. The summed E-state index contributed by atoms with van der Waals surface area (Å²) >= 11 is 0. The Labute approximate surface area is 173 Å². The Hall–Kier alpha value is -2.83. The van der Waals surface area contributed by atoms with Gasteiger partial charge in [-0.2, -0.15) is 0 Å². The first-order chi connectivity index (χ1) is 14.4. The van der Waals surface area contributed by atoms with Gasteiger partial charge in [0.25, 0.3) is 5.91 Å². The minimum absolute atomic E-state index is 0.0670. The molecule has 158 valence electrons. The maximum atomic E-state index is 12.9. The molecule has 1 aromatic heterocycles. The highest BCUT2D eigenvalue weighted by molar-refractivity contribution is 5.87. The molecule has 1 amide bonds. The Morgan fingerprint density at radius 1 is 1.17 bits per heavy atom. The quantitative estimate of drug-likeness (QED) is 0.567. The Morgan fingerprint density at radius 3 is 2.57 bits per heavy atom. The molecule has 0 spiro atoms. The van der Waals surface area contributed by atoms with Gasteiger partial charge in [0.05, 0.1) is 13.0 Å². The molecular formula is C23H25NO6. The lowest BCUT2D eigenvalue weighted by molar-refractivity contribution is -0.145.